The van der Waals surface area contributed by atoms with Gasteiger partial charge in [-0.3, -0.25) is 0 Å². The van der Waals surface area contributed by atoms with Crippen LogP contribution in [0.2, 0.25) is 0 Å². The molecule has 61 heavy (non-hydrogen) atoms. The molecule has 0 saturated heterocycles. The first-order valence-electron chi connectivity index (χ1n) is 24.4. The highest BCUT2D eigenvalue weighted by Crippen LogP contribution is 2.58. The van der Waals surface area contributed by atoms with Crippen molar-refractivity contribution < 1.29 is 0 Å². The molecular formula is C59H71NS. The zero-order chi connectivity index (χ0) is 42.4. The van der Waals surface area contributed by atoms with E-state index in [2.05, 4.69) is 162 Å². The van der Waals surface area contributed by atoms with Gasteiger partial charge in [-0.25, -0.2) is 0 Å². The topological polar surface area (TPSA) is 3.24 Å². The maximum atomic E-state index is 2.62. The van der Waals surface area contributed by atoms with Gasteiger partial charge in [0.2, 0.25) is 0 Å². The van der Waals surface area contributed by atoms with Crippen LogP contribution in [-0.2, 0) is 17.3 Å². The minimum atomic E-state index is 0.0308. The lowest BCUT2D eigenvalue weighted by Crippen LogP contribution is -2.26. The summed E-state index contributed by atoms with van der Waals surface area (Å²) in [6.07, 6.45) is 20.9. The average molecular weight is 826 g/mol. The van der Waals surface area contributed by atoms with Gasteiger partial charge in [0.25, 0.3) is 0 Å². The Kier molecular flexibility index (Phi) is 13.7. The van der Waals surface area contributed by atoms with Crippen LogP contribution in [0.25, 0.3) is 32.7 Å². The number of aryl methyl sites for hydroxylation is 2. The standard InChI is InChI=1S/C59H71NS/c1-7-12-17-18-23-45-40-43(6)61-57(45)44-28-30-46(31-29-44)60(47-32-34-51-49-24-19-21-26-53(49)58(36-13-8-2,37-14-9-3)55(51)41-47)48-33-35-52-50-25-20-22-27-54(50)59(38-15-10-4,39-16-11-5)56(52)42-48/h19-22,24-35,40-42H,7-18,23,36-39H2,1-6H3. The van der Waals surface area contributed by atoms with Gasteiger partial charge in [-0.1, -0.05) is 178 Å². The van der Waals surface area contributed by atoms with Crippen LogP contribution in [0, 0.1) is 6.92 Å². The lowest BCUT2D eigenvalue weighted by atomic mass is 9.70. The number of hydrogen-bond acceptors (Lipinski definition) is 2. The molecule has 2 aliphatic carbocycles. The van der Waals surface area contributed by atoms with Gasteiger partial charge in [0.15, 0.2) is 0 Å². The van der Waals surface area contributed by atoms with E-state index in [-0.39, 0.29) is 10.8 Å². The van der Waals surface area contributed by atoms with Crippen LogP contribution >= 0.6 is 11.3 Å². The van der Waals surface area contributed by atoms with Crippen LogP contribution in [0.1, 0.15) is 170 Å². The van der Waals surface area contributed by atoms with Crippen molar-refractivity contribution in [2.75, 3.05) is 4.90 Å². The molecular weight excluding hydrogens is 755 g/mol. The Morgan fingerprint density at radius 1 is 0.426 bits per heavy atom. The largest absolute Gasteiger partial charge is 0.310 e. The Morgan fingerprint density at radius 3 is 1.34 bits per heavy atom. The minimum Gasteiger partial charge on any atom is -0.310 e. The van der Waals surface area contributed by atoms with E-state index < -0.39 is 0 Å². The number of hydrogen-bond donors (Lipinski definition) is 0. The monoisotopic (exact) mass is 826 g/mol. The van der Waals surface area contributed by atoms with Crippen LogP contribution in [0.3, 0.4) is 0 Å². The predicted molar refractivity (Wildman–Crippen MR) is 268 cm³/mol. The zero-order valence-corrected chi connectivity index (χ0v) is 39.2. The highest BCUT2D eigenvalue weighted by Gasteiger charge is 2.44. The highest BCUT2D eigenvalue weighted by atomic mass is 32.1. The molecule has 8 rings (SSSR count). The molecule has 0 bridgehead atoms. The second-order valence-electron chi connectivity index (χ2n) is 18.5. The fourth-order valence-electron chi connectivity index (χ4n) is 11.4. The third kappa shape index (κ3) is 8.20. The number of fused-ring (bicyclic) bond motifs is 6. The van der Waals surface area contributed by atoms with Gasteiger partial charge in [-0.15, -0.1) is 11.3 Å². The Balaban J connectivity index is 1.30. The number of unbranched alkanes of at least 4 members (excludes halogenated alkanes) is 7. The normalized spacial score (nSPS) is 14.1. The van der Waals surface area contributed by atoms with E-state index in [1.807, 2.05) is 11.3 Å². The maximum absolute atomic E-state index is 2.62. The van der Waals surface area contributed by atoms with Gasteiger partial charge < -0.3 is 4.90 Å². The third-order valence-electron chi connectivity index (χ3n) is 14.5. The van der Waals surface area contributed by atoms with E-state index in [0.717, 1.165) is 6.42 Å². The average Bonchev–Trinajstić information content (AvgIpc) is 3.90. The van der Waals surface area contributed by atoms with Crippen molar-refractivity contribution in [1.82, 2.24) is 0 Å². The second kappa shape index (κ2) is 19.3. The summed E-state index contributed by atoms with van der Waals surface area (Å²) in [5.41, 5.74) is 18.6. The van der Waals surface area contributed by atoms with Gasteiger partial charge >= 0.3 is 0 Å². The number of thiophene rings is 1. The number of nitrogens with zero attached hydrogens (tertiary/aromatic N) is 1. The molecule has 2 aliphatic rings. The van der Waals surface area contributed by atoms with Gasteiger partial charge in [0, 0.05) is 37.6 Å². The smallest absolute Gasteiger partial charge is 0.0465 e. The van der Waals surface area contributed by atoms with Gasteiger partial charge in [-0.2, -0.15) is 0 Å². The Hall–Kier alpha value is -4.40. The molecule has 0 aliphatic heterocycles. The van der Waals surface area contributed by atoms with E-state index in [0.29, 0.717) is 0 Å². The summed E-state index contributed by atoms with van der Waals surface area (Å²) >= 11 is 1.96. The summed E-state index contributed by atoms with van der Waals surface area (Å²) in [6.45, 7) is 14.0. The molecule has 0 atom stereocenters. The SMILES string of the molecule is CCCCCCc1cc(C)sc1-c1ccc(N(c2ccc3c(c2)C(CCCC)(CCCC)c2ccccc2-3)c2ccc3c(c2)C(CCCC)(CCCC)c2ccccc2-3)cc1. The minimum absolute atomic E-state index is 0.0308. The highest BCUT2D eigenvalue weighted by molar-refractivity contribution is 7.15. The first-order valence-corrected chi connectivity index (χ1v) is 25.2. The summed E-state index contributed by atoms with van der Waals surface area (Å²) < 4.78 is 0. The number of rotatable bonds is 21. The molecule has 0 radical (unpaired) electrons. The van der Waals surface area contributed by atoms with Gasteiger partial charge in [0.05, 0.1) is 0 Å². The zero-order valence-electron chi connectivity index (χ0n) is 38.3. The predicted octanol–water partition coefficient (Wildman–Crippen LogP) is 18.6. The molecule has 0 N–H and O–H groups in total. The fraction of sp³-hybridized carbons (Fsp3) is 0.424. The molecule has 0 spiro atoms. The molecule has 318 valence electrons. The van der Waals surface area contributed by atoms with E-state index >= 15 is 0 Å². The van der Waals surface area contributed by atoms with Crippen molar-refractivity contribution in [2.24, 2.45) is 0 Å². The molecule has 0 amide bonds. The maximum Gasteiger partial charge on any atom is 0.0465 e. The summed E-state index contributed by atoms with van der Waals surface area (Å²) in [6, 6.07) is 45.9. The van der Waals surface area contributed by atoms with Crippen molar-refractivity contribution in [3.05, 3.63) is 148 Å². The molecule has 0 unspecified atom stereocenters. The van der Waals surface area contributed by atoms with Crippen molar-refractivity contribution in [3.8, 4) is 32.7 Å². The van der Waals surface area contributed by atoms with Crippen LogP contribution < -0.4 is 4.90 Å². The van der Waals surface area contributed by atoms with Crippen molar-refractivity contribution in [3.63, 3.8) is 0 Å². The second-order valence-corrected chi connectivity index (χ2v) is 19.8. The van der Waals surface area contributed by atoms with E-state index in [9.17, 15) is 0 Å². The van der Waals surface area contributed by atoms with Crippen molar-refractivity contribution in [2.45, 2.75) is 162 Å². The Bertz CT molecular complexity index is 2260. The summed E-state index contributed by atoms with van der Waals surface area (Å²) in [7, 11) is 0. The quantitative estimate of drug-likeness (QED) is 0.0654. The Morgan fingerprint density at radius 2 is 0.869 bits per heavy atom. The lowest BCUT2D eigenvalue weighted by Gasteiger charge is -2.35. The molecule has 0 saturated carbocycles. The summed E-state index contributed by atoms with van der Waals surface area (Å²) in [5.74, 6) is 0. The van der Waals surface area contributed by atoms with Gasteiger partial charge in [0.1, 0.15) is 0 Å². The number of anilines is 3. The van der Waals surface area contributed by atoms with Crippen LogP contribution in [0.4, 0.5) is 17.1 Å². The van der Waals surface area contributed by atoms with Crippen LogP contribution in [0.15, 0.2) is 115 Å². The molecule has 0 fully saturated rings. The third-order valence-corrected chi connectivity index (χ3v) is 15.6. The Labute approximate surface area is 373 Å². The molecule has 1 aromatic heterocycles. The summed E-state index contributed by atoms with van der Waals surface area (Å²) in [5, 5.41) is 0. The molecule has 1 nitrogen and oxygen atoms in total. The molecule has 5 aromatic carbocycles. The summed E-state index contributed by atoms with van der Waals surface area (Å²) in [4.78, 5) is 5.47. The van der Waals surface area contributed by atoms with Crippen LogP contribution in [0.5, 0.6) is 0 Å². The lowest BCUT2D eigenvalue weighted by molar-refractivity contribution is 0.414. The molecule has 6 aromatic rings. The van der Waals surface area contributed by atoms with Crippen molar-refractivity contribution >= 4 is 28.4 Å². The van der Waals surface area contributed by atoms with E-state index in [4.69, 9.17) is 0 Å². The van der Waals surface area contributed by atoms with E-state index in [1.165, 1.54) is 174 Å². The van der Waals surface area contributed by atoms with Crippen LogP contribution in [-0.4, -0.2) is 0 Å². The molecule has 2 heteroatoms. The number of benzene rings is 5. The fourth-order valence-corrected chi connectivity index (χ4v) is 12.4. The first kappa shape index (κ1) is 43.3. The van der Waals surface area contributed by atoms with Gasteiger partial charge in [-0.05, 0) is 144 Å². The first-order chi connectivity index (χ1) is 29.9. The van der Waals surface area contributed by atoms with Crippen molar-refractivity contribution in [1.29, 1.82) is 0 Å². The van der Waals surface area contributed by atoms with E-state index in [1.54, 1.807) is 11.1 Å². The molecule has 1 heterocycles.